The summed E-state index contributed by atoms with van der Waals surface area (Å²) in [5.74, 6) is -0.529. The second kappa shape index (κ2) is 4.65. The molecular formula is C15H26O5. The molecule has 116 valence electrons. The maximum Gasteiger partial charge on any atom is 0.163 e. The first-order valence-corrected chi connectivity index (χ1v) is 7.58. The average molecular weight is 286 g/mol. The Hall–Kier alpha value is -0.200. The Kier molecular flexibility index (Phi) is 3.42. The lowest BCUT2D eigenvalue weighted by Crippen LogP contribution is -2.46. The fourth-order valence-corrected chi connectivity index (χ4v) is 3.59. The van der Waals surface area contributed by atoms with Gasteiger partial charge in [-0.25, -0.2) is 0 Å². The monoisotopic (exact) mass is 286 g/mol. The molecule has 0 radical (unpaired) electrons. The molecule has 1 unspecified atom stereocenters. The van der Waals surface area contributed by atoms with Gasteiger partial charge in [0.05, 0.1) is 23.9 Å². The Morgan fingerprint density at radius 3 is 2.05 bits per heavy atom. The van der Waals surface area contributed by atoms with E-state index in [-0.39, 0.29) is 23.4 Å². The summed E-state index contributed by atoms with van der Waals surface area (Å²) in [5, 5.41) is 9.61. The summed E-state index contributed by atoms with van der Waals surface area (Å²) >= 11 is 0. The van der Waals surface area contributed by atoms with Gasteiger partial charge in [-0.05, 0) is 47.0 Å². The van der Waals surface area contributed by atoms with Crippen LogP contribution in [0.25, 0.3) is 0 Å². The van der Waals surface area contributed by atoms with Crippen molar-refractivity contribution >= 4 is 0 Å². The van der Waals surface area contributed by atoms with E-state index in [1.54, 1.807) is 0 Å². The van der Waals surface area contributed by atoms with Crippen LogP contribution < -0.4 is 0 Å². The van der Waals surface area contributed by atoms with Gasteiger partial charge in [0.15, 0.2) is 12.1 Å². The van der Waals surface area contributed by atoms with Crippen LogP contribution in [0.4, 0.5) is 0 Å². The molecule has 0 amide bonds. The van der Waals surface area contributed by atoms with Crippen molar-refractivity contribution in [2.24, 2.45) is 0 Å². The number of ether oxygens (including phenoxy) is 4. The zero-order valence-corrected chi connectivity index (χ0v) is 12.8. The minimum Gasteiger partial charge on any atom is -0.368 e. The summed E-state index contributed by atoms with van der Waals surface area (Å²) in [6, 6.07) is 0. The summed E-state index contributed by atoms with van der Waals surface area (Å²) in [5.41, 5.74) is -0.718. The summed E-state index contributed by atoms with van der Waals surface area (Å²) in [7, 11) is 0. The van der Waals surface area contributed by atoms with E-state index in [1.165, 1.54) is 0 Å². The molecule has 0 aromatic heterocycles. The van der Waals surface area contributed by atoms with Crippen molar-refractivity contribution in [1.29, 1.82) is 0 Å². The van der Waals surface area contributed by atoms with Crippen molar-refractivity contribution in [3.63, 3.8) is 0 Å². The first-order valence-electron chi connectivity index (χ1n) is 7.58. The van der Waals surface area contributed by atoms with Gasteiger partial charge < -0.3 is 24.1 Å². The molecule has 3 saturated heterocycles. The van der Waals surface area contributed by atoms with E-state index in [2.05, 4.69) is 6.92 Å². The van der Waals surface area contributed by atoms with Gasteiger partial charge in [0.2, 0.25) is 0 Å². The molecule has 1 N–H and O–H groups in total. The molecule has 0 aliphatic carbocycles. The second-order valence-corrected chi connectivity index (χ2v) is 7.20. The number of hydrogen-bond donors (Lipinski definition) is 1. The Labute approximate surface area is 120 Å². The summed E-state index contributed by atoms with van der Waals surface area (Å²) in [6.07, 6.45) is 2.69. The van der Waals surface area contributed by atoms with E-state index in [0.29, 0.717) is 13.0 Å². The summed E-state index contributed by atoms with van der Waals surface area (Å²) in [6.45, 7) is 8.56. The lowest BCUT2D eigenvalue weighted by atomic mass is 9.91. The van der Waals surface area contributed by atoms with Gasteiger partial charge in [-0.2, -0.15) is 0 Å². The van der Waals surface area contributed by atoms with Crippen LogP contribution in [0, 0.1) is 0 Å². The van der Waals surface area contributed by atoms with Crippen LogP contribution in [0.5, 0.6) is 0 Å². The Balaban J connectivity index is 1.67. The third kappa shape index (κ3) is 2.50. The predicted molar refractivity (Wildman–Crippen MR) is 72.1 cm³/mol. The summed E-state index contributed by atoms with van der Waals surface area (Å²) < 4.78 is 23.6. The van der Waals surface area contributed by atoms with Gasteiger partial charge in [0.25, 0.3) is 0 Å². The highest BCUT2D eigenvalue weighted by Crippen LogP contribution is 2.45. The highest BCUT2D eigenvalue weighted by atomic mass is 16.8. The molecular weight excluding hydrogens is 260 g/mol. The molecule has 0 spiro atoms. The topological polar surface area (TPSA) is 57.2 Å². The second-order valence-electron chi connectivity index (χ2n) is 7.20. The van der Waals surface area contributed by atoms with Gasteiger partial charge in [0.1, 0.15) is 6.10 Å². The third-order valence-corrected chi connectivity index (χ3v) is 4.98. The van der Waals surface area contributed by atoms with Crippen LogP contribution in [-0.4, -0.2) is 47.2 Å². The number of hydrogen-bond acceptors (Lipinski definition) is 5. The molecule has 0 aromatic rings. The Bertz CT molecular complexity index is 384. The quantitative estimate of drug-likeness (QED) is 0.841. The van der Waals surface area contributed by atoms with Crippen LogP contribution in [0.3, 0.4) is 0 Å². The first-order chi connectivity index (χ1) is 9.23. The van der Waals surface area contributed by atoms with Gasteiger partial charge in [-0.1, -0.05) is 0 Å². The van der Waals surface area contributed by atoms with Crippen molar-refractivity contribution < 1.29 is 24.1 Å². The standard InChI is InChI=1S/C15H26O5/c1-13(2)17-9-11(18-13)15(4)7-5-10(19-15)14(3)8-6-12(16)20-14/h10-12,16H,5-9H2,1-4H3/t10-,11+,12?,14+,15-/m1/s1. The number of aliphatic hydroxyl groups excluding tert-OH is 1. The van der Waals surface area contributed by atoms with Crippen LogP contribution in [0.2, 0.25) is 0 Å². The van der Waals surface area contributed by atoms with Crippen molar-refractivity contribution in [3.8, 4) is 0 Å². The van der Waals surface area contributed by atoms with Crippen molar-refractivity contribution in [1.82, 2.24) is 0 Å². The molecule has 3 rings (SSSR count). The molecule has 0 aromatic carbocycles. The smallest absolute Gasteiger partial charge is 0.163 e. The molecule has 5 nitrogen and oxygen atoms in total. The molecule has 5 atom stereocenters. The number of aliphatic hydroxyl groups is 1. The van der Waals surface area contributed by atoms with E-state index < -0.39 is 12.1 Å². The molecule has 0 saturated carbocycles. The van der Waals surface area contributed by atoms with Crippen LogP contribution in [0.15, 0.2) is 0 Å². The lowest BCUT2D eigenvalue weighted by molar-refractivity contribution is -0.212. The van der Waals surface area contributed by atoms with Crippen LogP contribution in [0.1, 0.15) is 53.4 Å². The maximum absolute atomic E-state index is 9.61. The predicted octanol–water partition coefficient (Wildman–Crippen LogP) is 1.96. The normalized spacial score (nSPS) is 51.8. The largest absolute Gasteiger partial charge is 0.368 e. The zero-order valence-electron chi connectivity index (χ0n) is 12.8. The Morgan fingerprint density at radius 1 is 0.850 bits per heavy atom. The van der Waals surface area contributed by atoms with Gasteiger partial charge in [0, 0.05) is 6.42 Å². The first kappa shape index (κ1) is 14.7. The SMILES string of the molecule is CC1(C)OC[C@@H]([C@@]2(C)CC[C@H]([C@]3(C)CCC(O)O3)O2)O1. The van der Waals surface area contributed by atoms with Gasteiger partial charge >= 0.3 is 0 Å². The highest BCUT2D eigenvalue weighted by Gasteiger charge is 2.54. The molecule has 0 bridgehead atoms. The molecule has 3 heterocycles. The summed E-state index contributed by atoms with van der Waals surface area (Å²) in [4.78, 5) is 0. The van der Waals surface area contributed by atoms with E-state index in [0.717, 1.165) is 19.3 Å². The van der Waals surface area contributed by atoms with Crippen LogP contribution >= 0.6 is 0 Å². The molecule has 3 aliphatic rings. The van der Waals surface area contributed by atoms with Gasteiger partial charge in [-0.15, -0.1) is 0 Å². The van der Waals surface area contributed by atoms with E-state index in [1.807, 2.05) is 20.8 Å². The number of rotatable bonds is 2. The Morgan fingerprint density at radius 2 is 1.50 bits per heavy atom. The maximum atomic E-state index is 9.61. The molecule has 5 heteroatoms. The molecule has 20 heavy (non-hydrogen) atoms. The highest BCUT2D eigenvalue weighted by molar-refractivity contribution is 5.01. The van der Waals surface area contributed by atoms with E-state index in [4.69, 9.17) is 18.9 Å². The third-order valence-electron chi connectivity index (χ3n) is 4.98. The minimum atomic E-state index is -0.652. The fourth-order valence-electron chi connectivity index (χ4n) is 3.59. The molecule has 3 fully saturated rings. The molecule has 3 aliphatic heterocycles. The van der Waals surface area contributed by atoms with Crippen LogP contribution in [-0.2, 0) is 18.9 Å². The minimum absolute atomic E-state index is 0.0111. The average Bonchev–Trinajstić information content (AvgIpc) is 3.00. The van der Waals surface area contributed by atoms with Crippen molar-refractivity contribution in [3.05, 3.63) is 0 Å². The lowest BCUT2D eigenvalue weighted by Gasteiger charge is -2.35. The van der Waals surface area contributed by atoms with E-state index >= 15 is 0 Å². The van der Waals surface area contributed by atoms with Crippen molar-refractivity contribution in [2.45, 2.75) is 88.9 Å². The van der Waals surface area contributed by atoms with Gasteiger partial charge in [-0.3, -0.25) is 0 Å². The van der Waals surface area contributed by atoms with E-state index in [9.17, 15) is 5.11 Å². The van der Waals surface area contributed by atoms with Crippen molar-refractivity contribution in [2.75, 3.05) is 6.61 Å². The zero-order chi connectivity index (χ0) is 14.6. The fraction of sp³-hybridized carbons (Fsp3) is 1.00.